The second kappa shape index (κ2) is 8.03. The van der Waals surface area contributed by atoms with Crippen molar-refractivity contribution in [2.45, 2.75) is 31.3 Å². The first-order valence-electron chi connectivity index (χ1n) is 5.12. The van der Waals surface area contributed by atoms with Gasteiger partial charge in [-0.15, -0.1) is 0 Å². The van der Waals surface area contributed by atoms with Crippen LogP contribution in [-0.4, -0.2) is 47.3 Å². The molecule has 7 nitrogen and oxygen atoms in total. The molecule has 0 amide bonds. The average Bonchev–Trinajstić information content (AvgIpc) is 2.21. The van der Waals surface area contributed by atoms with Crippen LogP contribution in [0.1, 0.15) is 19.3 Å². The molecular weight excluding hydrogens is 214 g/mol. The molecule has 0 aliphatic heterocycles. The summed E-state index contributed by atoms with van der Waals surface area (Å²) < 4.78 is 0. The van der Waals surface area contributed by atoms with Gasteiger partial charge >= 0.3 is 11.9 Å². The third-order valence-corrected chi connectivity index (χ3v) is 2.12. The molecule has 7 heteroatoms. The van der Waals surface area contributed by atoms with E-state index in [9.17, 15) is 9.59 Å². The Morgan fingerprint density at radius 1 is 1.06 bits per heavy atom. The van der Waals surface area contributed by atoms with Crippen molar-refractivity contribution in [1.82, 2.24) is 5.32 Å². The number of aliphatic carboxylic acids is 2. The van der Waals surface area contributed by atoms with Crippen LogP contribution < -0.4 is 16.8 Å². The Kier molecular flexibility index (Phi) is 7.44. The molecule has 2 atom stereocenters. The predicted octanol–water partition coefficient (Wildman–Crippen LogP) is -1.43. The first kappa shape index (κ1) is 14.8. The van der Waals surface area contributed by atoms with Gasteiger partial charge < -0.3 is 27.0 Å². The summed E-state index contributed by atoms with van der Waals surface area (Å²) in [5, 5.41) is 19.8. The Morgan fingerprint density at radius 3 is 2.12 bits per heavy atom. The van der Waals surface area contributed by atoms with Crippen molar-refractivity contribution < 1.29 is 19.8 Å². The highest BCUT2D eigenvalue weighted by atomic mass is 16.4. The summed E-state index contributed by atoms with van der Waals surface area (Å²) in [5.74, 6) is -2.04. The van der Waals surface area contributed by atoms with E-state index in [2.05, 4.69) is 5.32 Å². The van der Waals surface area contributed by atoms with Gasteiger partial charge in [-0.05, 0) is 19.4 Å². The van der Waals surface area contributed by atoms with E-state index in [1.54, 1.807) is 0 Å². The summed E-state index contributed by atoms with van der Waals surface area (Å²) in [6.07, 6.45) is 1.85. The largest absolute Gasteiger partial charge is 0.480 e. The number of unbranched alkanes of at least 4 members (excludes halogenated alkanes) is 1. The number of hydrogen-bond donors (Lipinski definition) is 5. The molecule has 7 N–H and O–H groups in total. The lowest BCUT2D eigenvalue weighted by Crippen LogP contribution is -2.40. The number of carboxylic acid groups (broad SMARTS) is 2. The first-order valence-corrected chi connectivity index (χ1v) is 5.12. The fourth-order valence-corrected chi connectivity index (χ4v) is 1.08. The topological polar surface area (TPSA) is 139 Å². The Hall–Kier alpha value is -1.18. The lowest BCUT2D eigenvalue weighted by Gasteiger charge is -2.09. The minimum absolute atomic E-state index is 0.209. The van der Waals surface area contributed by atoms with Crippen LogP contribution in [0.25, 0.3) is 0 Å². The van der Waals surface area contributed by atoms with E-state index in [4.69, 9.17) is 21.7 Å². The van der Waals surface area contributed by atoms with Gasteiger partial charge in [-0.2, -0.15) is 0 Å². The molecule has 0 radical (unpaired) electrons. The molecule has 0 saturated carbocycles. The molecule has 0 aromatic heterocycles. The number of rotatable bonds is 9. The van der Waals surface area contributed by atoms with Crippen LogP contribution in [0.4, 0.5) is 0 Å². The van der Waals surface area contributed by atoms with Crippen molar-refractivity contribution in [2.24, 2.45) is 11.5 Å². The van der Waals surface area contributed by atoms with Crippen molar-refractivity contribution >= 4 is 11.9 Å². The van der Waals surface area contributed by atoms with Gasteiger partial charge in [0.1, 0.15) is 12.1 Å². The molecule has 0 fully saturated rings. The van der Waals surface area contributed by atoms with E-state index in [0.29, 0.717) is 19.4 Å². The Morgan fingerprint density at radius 2 is 1.62 bits per heavy atom. The van der Waals surface area contributed by atoms with E-state index in [-0.39, 0.29) is 6.54 Å². The summed E-state index contributed by atoms with van der Waals surface area (Å²) in [5.41, 5.74) is 10.6. The van der Waals surface area contributed by atoms with Gasteiger partial charge in [-0.25, -0.2) is 0 Å². The highest BCUT2D eigenvalue weighted by molar-refractivity contribution is 5.73. The molecule has 16 heavy (non-hydrogen) atoms. The van der Waals surface area contributed by atoms with Crippen molar-refractivity contribution in [3.63, 3.8) is 0 Å². The minimum atomic E-state index is -1.04. The van der Waals surface area contributed by atoms with E-state index in [1.165, 1.54) is 0 Å². The average molecular weight is 233 g/mol. The van der Waals surface area contributed by atoms with Gasteiger partial charge in [0.25, 0.3) is 0 Å². The van der Waals surface area contributed by atoms with E-state index in [1.807, 2.05) is 0 Å². The van der Waals surface area contributed by atoms with E-state index in [0.717, 1.165) is 6.42 Å². The molecule has 0 aliphatic carbocycles. The summed E-state index contributed by atoms with van der Waals surface area (Å²) in [4.78, 5) is 20.7. The number of carboxylic acids is 2. The molecule has 0 heterocycles. The maximum absolute atomic E-state index is 10.4. The monoisotopic (exact) mass is 233 g/mol. The fraction of sp³-hybridized carbons (Fsp3) is 0.778. The normalized spacial score (nSPS) is 14.4. The molecule has 0 bridgehead atoms. The lowest BCUT2D eigenvalue weighted by molar-refractivity contribution is -0.139. The van der Waals surface area contributed by atoms with Crippen molar-refractivity contribution in [3.8, 4) is 0 Å². The van der Waals surface area contributed by atoms with Gasteiger partial charge in [0.05, 0.1) is 0 Å². The quantitative estimate of drug-likeness (QED) is 0.308. The van der Waals surface area contributed by atoms with Crippen LogP contribution in [0.3, 0.4) is 0 Å². The molecule has 0 rings (SSSR count). The molecule has 94 valence electrons. The zero-order valence-corrected chi connectivity index (χ0v) is 9.06. The third-order valence-electron chi connectivity index (χ3n) is 2.12. The van der Waals surface area contributed by atoms with Gasteiger partial charge in [-0.1, -0.05) is 6.42 Å². The van der Waals surface area contributed by atoms with Crippen LogP contribution in [-0.2, 0) is 9.59 Å². The van der Waals surface area contributed by atoms with Gasteiger partial charge in [-0.3, -0.25) is 9.59 Å². The molecular formula is C9H19N3O4. The molecule has 0 unspecified atom stereocenters. The second-order valence-corrected chi connectivity index (χ2v) is 3.59. The van der Waals surface area contributed by atoms with Gasteiger partial charge in [0.15, 0.2) is 0 Å². The Bertz CT molecular complexity index is 211. The third kappa shape index (κ3) is 7.16. The van der Waals surface area contributed by atoms with Gasteiger partial charge in [0, 0.05) is 6.54 Å². The van der Waals surface area contributed by atoms with Crippen molar-refractivity contribution in [2.75, 3.05) is 13.1 Å². The lowest BCUT2D eigenvalue weighted by atomic mass is 10.1. The highest BCUT2D eigenvalue weighted by Crippen LogP contribution is 1.98. The summed E-state index contributed by atoms with van der Waals surface area (Å²) in [6, 6.07) is -1.72. The highest BCUT2D eigenvalue weighted by Gasteiger charge is 2.11. The predicted molar refractivity (Wildman–Crippen MR) is 57.9 cm³/mol. The fourth-order valence-electron chi connectivity index (χ4n) is 1.08. The summed E-state index contributed by atoms with van der Waals surface area (Å²) in [7, 11) is 0. The maximum Gasteiger partial charge on any atom is 0.321 e. The number of hydrogen-bond acceptors (Lipinski definition) is 5. The van der Waals surface area contributed by atoms with Crippen LogP contribution in [0.15, 0.2) is 0 Å². The van der Waals surface area contributed by atoms with E-state index >= 15 is 0 Å². The molecule has 0 aromatic carbocycles. The van der Waals surface area contributed by atoms with Gasteiger partial charge in [0.2, 0.25) is 0 Å². The standard InChI is InChI=1S/C9H19N3O4/c10-6(8(13)14)3-1-2-4-12-5-7(11)9(15)16/h6-7,12H,1-5,10-11H2,(H,13,14)(H,15,16)/t6-,7+/m0/s1. The van der Waals surface area contributed by atoms with Crippen LogP contribution in [0, 0.1) is 0 Å². The Labute approximate surface area is 93.8 Å². The first-order chi connectivity index (χ1) is 7.45. The minimum Gasteiger partial charge on any atom is -0.480 e. The molecule has 0 saturated heterocycles. The zero-order valence-electron chi connectivity index (χ0n) is 9.06. The number of carbonyl (C=O) groups is 2. The smallest absolute Gasteiger partial charge is 0.321 e. The SMILES string of the molecule is N[C@H](CNCCCC[C@H](N)C(=O)O)C(=O)O. The van der Waals surface area contributed by atoms with E-state index < -0.39 is 24.0 Å². The summed E-state index contributed by atoms with van der Waals surface area (Å²) in [6.45, 7) is 0.813. The summed E-state index contributed by atoms with van der Waals surface area (Å²) >= 11 is 0. The van der Waals surface area contributed by atoms with Crippen LogP contribution in [0.2, 0.25) is 0 Å². The number of nitrogens with two attached hydrogens (primary N) is 2. The zero-order chi connectivity index (χ0) is 12.6. The Balaban J connectivity index is 3.34. The van der Waals surface area contributed by atoms with Crippen LogP contribution >= 0.6 is 0 Å². The van der Waals surface area contributed by atoms with Crippen molar-refractivity contribution in [3.05, 3.63) is 0 Å². The second-order valence-electron chi connectivity index (χ2n) is 3.59. The maximum atomic E-state index is 10.4. The van der Waals surface area contributed by atoms with Crippen molar-refractivity contribution in [1.29, 1.82) is 0 Å². The molecule has 0 aromatic rings. The number of nitrogens with one attached hydrogen (secondary N) is 1. The van der Waals surface area contributed by atoms with Crippen LogP contribution in [0.5, 0.6) is 0 Å². The molecule has 0 aliphatic rings. The molecule has 0 spiro atoms.